The first-order valence-corrected chi connectivity index (χ1v) is 5.87. The second kappa shape index (κ2) is 4.97. The van der Waals surface area contributed by atoms with Gasteiger partial charge in [-0.2, -0.15) is 9.37 Å². The van der Waals surface area contributed by atoms with Crippen molar-refractivity contribution in [2.75, 3.05) is 24.6 Å². The van der Waals surface area contributed by atoms with Crippen LogP contribution >= 0.6 is 0 Å². The molecule has 1 aromatic heterocycles. The monoisotopic (exact) mass is 276 g/mol. The molecule has 7 heteroatoms. The molecule has 1 N–H and O–H groups in total. The number of aromatic nitrogens is 1. The molecule has 1 unspecified atom stereocenters. The standard InChI is InChI=1S/C12H15F3N2O2/c1-12(2)6-17(4-7(5-18)19-12)11-9(14)3-8(13)10(15)16-11/h3,7,18H,4-6H2,1-2H3. The number of pyridine rings is 1. The lowest BCUT2D eigenvalue weighted by molar-refractivity contribution is -0.101. The third-order valence-corrected chi connectivity index (χ3v) is 2.85. The normalized spacial score (nSPS) is 22.6. The fourth-order valence-corrected chi connectivity index (χ4v) is 2.21. The molecule has 0 spiro atoms. The van der Waals surface area contributed by atoms with Crippen molar-refractivity contribution in [2.24, 2.45) is 0 Å². The van der Waals surface area contributed by atoms with Crippen molar-refractivity contribution in [1.29, 1.82) is 0 Å². The molecule has 0 amide bonds. The van der Waals surface area contributed by atoms with Crippen molar-refractivity contribution >= 4 is 5.82 Å². The van der Waals surface area contributed by atoms with Crippen molar-refractivity contribution in [1.82, 2.24) is 4.98 Å². The van der Waals surface area contributed by atoms with Gasteiger partial charge in [0.1, 0.15) is 0 Å². The molecule has 0 radical (unpaired) electrons. The number of hydrogen-bond donors (Lipinski definition) is 1. The van der Waals surface area contributed by atoms with E-state index in [0.29, 0.717) is 6.07 Å². The summed E-state index contributed by atoms with van der Waals surface area (Å²) < 4.78 is 45.2. The third-order valence-electron chi connectivity index (χ3n) is 2.85. The van der Waals surface area contributed by atoms with Gasteiger partial charge in [-0.15, -0.1) is 0 Å². The van der Waals surface area contributed by atoms with E-state index in [9.17, 15) is 13.2 Å². The molecular formula is C12H15F3N2O2. The smallest absolute Gasteiger partial charge is 0.251 e. The van der Waals surface area contributed by atoms with Crippen LogP contribution in [0, 0.1) is 17.6 Å². The van der Waals surface area contributed by atoms with Crippen LogP contribution in [-0.4, -0.2) is 41.5 Å². The van der Waals surface area contributed by atoms with E-state index in [2.05, 4.69) is 4.98 Å². The Hall–Kier alpha value is -1.34. The Morgan fingerprint density at radius 2 is 2.11 bits per heavy atom. The van der Waals surface area contributed by atoms with Crippen LogP contribution in [0.25, 0.3) is 0 Å². The van der Waals surface area contributed by atoms with Crippen LogP contribution in [0.2, 0.25) is 0 Å². The van der Waals surface area contributed by atoms with E-state index >= 15 is 0 Å². The van der Waals surface area contributed by atoms with Crippen LogP contribution in [0.5, 0.6) is 0 Å². The maximum atomic E-state index is 13.7. The highest BCUT2D eigenvalue weighted by atomic mass is 19.2. The van der Waals surface area contributed by atoms with Crippen molar-refractivity contribution in [3.63, 3.8) is 0 Å². The highest BCUT2D eigenvalue weighted by molar-refractivity contribution is 5.41. The van der Waals surface area contributed by atoms with E-state index in [1.807, 2.05) is 0 Å². The third kappa shape index (κ3) is 2.98. The van der Waals surface area contributed by atoms with Crippen LogP contribution in [0.4, 0.5) is 19.0 Å². The summed E-state index contributed by atoms with van der Waals surface area (Å²) >= 11 is 0. The Bertz CT molecular complexity index is 482. The number of anilines is 1. The van der Waals surface area contributed by atoms with E-state index < -0.39 is 29.3 Å². The van der Waals surface area contributed by atoms with Crippen LogP contribution in [0.15, 0.2) is 6.07 Å². The highest BCUT2D eigenvalue weighted by Gasteiger charge is 2.35. The summed E-state index contributed by atoms with van der Waals surface area (Å²) in [6.45, 7) is 3.71. The summed E-state index contributed by atoms with van der Waals surface area (Å²) in [7, 11) is 0. The van der Waals surface area contributed by atoms with Gasteiger partial charge in [-0.25, -0.2) is 8.78 Å². The molecule has 1 aromatic rings. The molecule has 19 heavy (non-hydrogen) atoms. The molecule has 2 heterocycles. The zero-order valence-electron chi connectivity index (χ0n) is 10.7. The molecule has 0 bridgehead atoms. The van der Waals surface area contributed by atoms with Gasteiger partial charge in [0.25, 0.3) is 5.95 Å². The molecule has 1 atom stereocenters. The number of rotatable bonds is 2. The topological polar surface area (TPSA) is 45.6 Å². The number of hydrogen-bond acceptors (Lipinski definition) is 4. The molecule has 1 aliphatic heterocycles. The average molecular weight is 276 g/mol. The predicted octanol–water partition coefficient (Wildman–Crippen LogP) is 1.48. The number of aliphatic hydroxyl groups is 1. The quantitative estimate of drug-likeness (QED) is 0.831. The summed E-state index contributed by atoms with van der Waals surface area (Å²) in [5.74, 6) is -3.88. The average Bonchev–Trinajstić information content (AvgIpc) is 2.31. The first-order valence-electron chi connectivity index (χ1n) is 5.87. The summed E-state index contributed by atoms with van der Waals surface area (Å²) in [6.07, 6.45) is -0.530. The first kappa shape index (κ1) is 14.1. The predicted molar refractivity (Wildman–Crippen MR) is 62.4 cm³/mol. The number of morpholine rings is 1. The van der Waals surface area contributed by atoms with Gasteiger partial charge in [-0.3, -0.25) is 0 Å². The molecule has 4 nitrogen and oxygen atoms in total. The van der Waals surface area contributed by atoms with Gasteiger partial charge >= 0.3 is 0 Å². The molecular weight excluding hydrogens is 261 g/mol. The molecule has 1 saturated heterocycles. The first-order chi connectivity index (χ1) is 8.82. The molecule has 0 saturated carbocycles. The minimum absolute atomic E-state index is 0.162. The Kier molecular flexibility index (Phi) is 3.69. The minimum atomic E-state index is -1.35. The van der Waals surface area contributed by atoms with Crippen molar-refractivity contribution in [3.8, 4) is 0 Å². The van der Waals surface area contributed by atoms with Crippen molar-refractivity contribution in [3.05, 3.63) is 23.6 Å². The van der Waals surface area contributed by atoms with Crippen LogP contribution in [-0.2, 0) is 4.74 Å². The summed E-state index contributed by atoms with van der Waals surface area (Å²) in [4.78, 5) is 4.75. The van der Waals surface area contributed by atoms with E-state index in [0.717, 1.165) is 0 Å². The Morgan fingerprint density at radius 1 is 1.42 bits per heavy atom. The zero-order valence-corrected chi connectivity index (χ0v) is 10.7. The fraction of sp³-hybridized carbons (Fsp3) is 0.583. The van der Waals surface area contributed by atoms with E-state index in [4.69, 9.17) is 9.84 Å². The lowest BCUT2D eigenvalue weighted by Gasteiger charge is -2.42. The van der Waals surface area contributed by atoms with Gasteiger partial charge in [0, 0.05) is 19.2 Å². The van der Waals surface area contributed by atoms with Crippen LogP contribution in [0.1, 0.15) is 13.8 Å². The molecule has 1 fully saturated rings. The number of aliphatic hydroxyl groups excluding tert-OH is 1. The molecule has 0 aromatic carbocycles. The largest absolute Gasteiger partial charge is 0.394 e. The van der Waals surface area contributed by atoms with Gasteiger partial charge in [-0.05, 0) is 13.8 Å². The Labute approximate surface area is 108 Å². The van der Waals surface area contributed by atoms with Crippen molar-refractivity contribution < 1.29 is 23.0 Å². The van der Waals surface area contributed by atoms with E-state index in [1.54, 1.807) is 13.8 Å². The van der Waals surface area contributed by atoms with Gasteiger partial charge in [-0.1, -0.05) is 0 Å². The molecule has 0 aliphatic carbocycles. The number of ether oxygens (including phenoxy) is 1. The van der Waals surface area contributed by atoms with E-state index in [-0.39, 0.29) is 25.5 Å². The van der Waals surface area contributed by atoms with Gasteiger partial charge < -0.3 is 14.7 Å². The SMILES string of the molecule is CC1(C)CN(c2nc(F)c(F)cc2F)CC(CO)O1. The Morgan fingerprint density at radius 3 is 2.74 bits per heavy atom. The van der Waals surface area contributed by atoms with Gasteiger partial charge in [0.05, 0.1) is 18.3 Å². The highest BCUT2D eigenvalue weighted by Crippen LogP contribution is 2.27. The van der Waals surface area contributed by atoms with Crippen molar-refractivity contribution in [2.45, 2.75) is 25.6 Å². The summed E-state index contributed by atoms with van der Waals surface area (Å²) in [5.41, 5.74) is -0.648. The summed E-state index contributed by atoms with van der Waals surface area (Å²) in [6, 6.07) is 0.466. The second-order valence-corrected chi connectivity index (χ2v) is 5.13. The molecule has 1 aliphatic rings. The maximum absolute atomic E-state index is 13.7. The number of nitrogens with zero attached hydrogens (tertiary/aromatic N) is 2. The second-order valence-electron chi connectivity index (χ2n) is 5.13. The summed E-state index contributed by atoms with van der Waals surface area (Å²) in [5, 5.41) is 9.16. The number of halogens is 3. The Balaban J connectivity index is 2.33. The van der Waals surface area contributed by atoms with E-state index in [1.165, 1.54) is 4.90 Å². The minimum Gasteiger partial charge on any atom is -0.394 e. The fourth-order valence-electron chi connectivity index (χ4n) is 2.21. The van der Waals surface area contributed by atoms with Crippen LogP contribution < -0.4 is 4.90 Å². The molecule has 106 valence electrons. The van der Waals surface area contributed by atoms with Gasteiger partial charge in [0.15, 0.2) is 17.5 Å². The van der Waals surface area contributed by atoms with Crippen LogP contribution in [0.3, 0.4) is 0 Å². The molecule has 2 rings (SSSR count). The zero-order chi connectivity index (χ0) is 14.2. The maximum Gasteiger partial charge on any atom is 0.251 e. The lowest BCUT2D eigenvalue weighted by atomic mass is 10.1. The van der Waals surface area contributed by atoms with Gasteiger partial charge in [0.2, 0.25) is 0 Å². The lowest BCUT2D eigenvalue weighted by Crippen LogP contribution is -2.54.